The summed E-state index contributed by atoms with van der Waals surface area (Å²) >= 11 is 0. The maximum Gasteiger partial charge on any atom is 0.414 e. The molecule has 0 saturated carbocycles. The van der Waals surface area contributed by atoms with Crippen LogP contribution >= 0.6 is 12.4 Å². The summed E-state index contributed by atoms with van der Waals surface area (Å²) in [5, 5.41) is 2.86. The molecule has 2 nitrogen and oxygen atoms in total. The Labute approximate surface area is 101 Å². The molecular weight excluding hydrogens is 259 g/mol. The minimum absolute atomic E-state index is 0. The second-order valence-electron chi connectivity index (χ2n) is 4.90. The Morgan fingerprint density at radius 2 is 1.88 bits per heavy atom. The van der Waals surface area contributed by atoms with E-state index in [4.69, 9.17) is 4.43 Å². The Bertz CT molecular complexity index is 214. The fourth-order valence-electron chi connectivity index (χ4n) is 1.73. The number of hydrogen-bond acceptors (Lipinski definition) is 2. The van der Waals surface area contributed by atoms with Crippen LogP contribution in [0, 0.1) is 0 Å². The summed E-state index contributed by atoms with van der Waals surface area (Å²) in [5.41, 5.74) is 0. The van der Waals surface area contributed by atoms with Crippen molar-refractivity contribution in [2.24, 2.45) is 0 Å². The van der Waals surface area contributed by atoms with Crippen molar-refractivity contribution >= 4 is 20.7 Å². The van der Waals surface area contributed by atoms with Gasteiger partial charge in [0.15, 0.2) is 14.4 Å². The summed E-state index contributed by atoms with van der Waals surface area (Å²) in [6.07, 6.45) is -4.55. The van der Waals surface area contributed by atoms with Gasteiger partial charge in [0, 0.05) is 6.04 Å². The topological polar surface area (TPSA) is 21.3 Å². The molecule has 1 heterocycles. The van der Waals surface area contributed by atoms with Crippen LogP contribution in [0.4, 0.5) is 13.2 Å². The van der Waals surface area contributed by atoms with Crippen molar-refractivity contribution in [3.8, 4) is 0 Å². The molecule has 1 saturated heterocycles. The molecule has 0 bridgehead atoms. The lowest BCUT2D eigenvalue weighted by atomic mass is 10.1. The molecule has 7 heteroatoms. The van der Waals surface area contributed by atoms with E-state index >= 15 is 0 Å². The minimum atomic E-state index is -4.26. The van der Waals surface area contributed by atoms with Crippen molar-refractivity contribution in [1.29, 1.82) is 0 Å². The number of nitrogens with one attached hydrogen (secondary N) is 1. The van der Waals surface area contributed by atoms with Gasteiger partial charge in [-0.25, -0.2) is 0 Å². The first-order chi connectivity index (χ1) is 6.70. The van der Waals surface area contributed by atoms with Crippen LogP contribution in [-0.4, -0.2) is 33.2 Å². The maximum absolute atomic E-state index is 12.8. The zero-order chi connectivity index (χ0) is 11.7. The molecule has 0 aromatic carbocycles. The smallest absolute Gasteiger partial charge is 0.405 e. The highest BCUT2D eigenvalue weighted by molar-refractivity contribution is 6.69. The molecule has 1 fully saturated rings. The van der Waals surface area contributed by atoms with Crippen LogP contribution in [0.2, 0.25) is 19.6 Å². The van der Waals surface area contributed by atoms with Crippen molar-refractivity contribution in [3.63, 3.8) is 0 Å². The largest absolute Gasteiger partial charge is 0.414 e. The zero-order valence-electron chi connectivity index (χ0n) is 9.73. The van der Waals surface area contributed by atoms with Crippen LogP contribution in [0.1, 0.15) is 12.8 Å². The Morgan fingerprint density at radius 3 is 2.19 bits per heavy atom. The number of rotatable bonds is 3. The van der Waals surface area contributed by atoms with Gasteiger partial charge in [-0.1, -0.05) is 0 Å². The van der Waals surface area contributed by atoms with Crippen molar-refractivity contribution in [2.75, 3.05) is 6.54 Å². The zero-order valence-corrected chi connectivity index (χ0v) is 11.5. The van der Waals surface area contributed by atoms with Gasteiger partial charge in [0.25, 0.3) is 0 Å². The fraction of sp³-hybridized carbons (Fsp3) is 1.00. The third-order valence-electron chi connectivity index (χ3n) is 2.27. The molecule has 0 aromatic heterocycles. The summed E-state index contributed by atoms with van der Waals surface area (Å²) in [6.45, 7) is 5.99. The highest BCUT2D eigenvalue weighted by Gasteiger charge is 2.48. The quantitative estimate of drug-likeness (QED) is 0.801. The third-order valence-corrected chi connectivity index (χ3v) is 3.23. The van der Waals surface area contributed by atoms with Gasteiger partial charge in [0.2, 0.25) is 0 Å². The molecule has 16 heavy (non-hydrogen) atoms. The van der Waals surface area contributed by atoms with Gasteiger partial charge in [0.1, 0.15) is 0 Å². The molecule has 1 aliphatic heterocycles. The van der Waals surface area contributed by atoms with E-state index in [1.165, 1.54) is 0 Å². The van der Waals surface area contributed by atoms with Gasteiger partial charge in [-0.3, -0.25) is 0 Å². The van der Waals surface area contributed by atoms with Gasteiger partial charge >= 0.3 is 6.18 Å². The van der Waals surface area contributed by atoms with Gasteiger partial charge in [0.05, 0.1) is 0 Å². The van der Waals surface area contributed by atoms with Crippen LogP contribution < -0.4 is 5.32 Å². The summed E-state index contributed by atoms with van der Waals surface area (Å²) in [5.74, 6) is 0. The van der Waals surface area contributed by atoms with E-state index in [2.05, 4.69) is 5.32 Å². The first-order valence-corrected chi connectivity index (χ1v) is 8.59. The van der Waals surface area contributed by atoms with Crippen molar-refractivity contribution < 1.29 is 17.6 Å². The van der Waals surface area contributed by atoms with Gasteiger partial charge < -0.3 is 9.74 Å². The van der Waals surface area contributed by atoms with Crippen molar-refractivity contribution in [3.05, 3.63) is 0 Å². The van der Waals surface area contributed by atoms with Gasteiger partial charge in [-0.15, -0.1) is 12.4 Å². The molecule has 0 aromatic rings. The maximum atomic E-state index is 12.8. The molecule has 98 valence electrons. The fourth-order valence-corrected chi connectivity index (χ4v) is 2.79. The molecular formula is C9H19ClF3NOSi. The first kappa shape index (κ1) is 16.2. The lowest BCUT2D eigenvalue weighted by Gasteiger charge is -2.32. The van der Waals surface area contributed by atoms with Crippen LogP contribution in [0.3, 0.4) is 0 Å². The summed E-state index contributed by atoms with van der Waals surface area (Å²) in [7, 11) is -2.16. The standard InChI is InChI=1S/C9H18F3NOSi.ClH/c1-15(2,3)14-8(9(10,11)12)7-5-4-6-13-7;/h7-8,13H,4-6H2,1-3H3;1H. The highest BCUT2D eigenvalue weighted by atomic mass is 35.5. The third kappa shape index (κ3) is 5.03. The summed E-state index contributed by atoms with van der Waals surface area (Å²) < 4.78 is 43.5. The Balaban J connectivity index is 0.00000225. The normalized spacial score (nSPS) is 24.0. The summed E-state index contributed by atoms with van der Waals surface area (Å²) in [4.78, 5) is 0. The molecule has 1 aliphatic rings. The van der Waals surface area contributed by atoms with E-state index in [9.17, 15) is 13.2 Å². The lowest BCUT2D eigenvalue weighted by Crippen LogP contribution is -2.51. The van der Waals surface area contributed by atoms with E-state index in [1.807, 2.05) is 0 Å². The Kier molecular flexibility index (Phi) is 5.78. The van der Waals surface area contributed by atoms with Crippen LogP contribution in [-0.2, 0) is 4.43 Å². The Morgan fingerprint density at radius 1 is 1.31 bits per heavy atom. The van der Waals surface area contributed by atoms with Gasteiger partial charge in [-0.05, 0) is 39.0 Å². The van der Waals surface area contributed by atoms with E-state index in [-0.39, 0.29) is 12.4 Å². The van der Waals surface area contributed by atoms with Crippen LogP contribution in [0.15, 0.2) is 0 Å². The highest BCUT2D eigenvalue weighted by Crippen LogP contribution is 2.30. The molecule has 0 radical (unpaired) electrons. The molecule has 0 aliphatic carbocycles. The first-order valence-electron chi connectivity index (χ1n) is 5.18. The average Bonchev–Trinajstić information content (AvgIpc) is 2.47. The van der Waals surface area contributed by atoms with Crippen molar-refractivity contribution in [1.82, 2.24) is 5.32 Å². The monoisotopic (exact) mass is 277 g/mol. The van der Waals surface area contributed by atoms with E-state index in [1.54, 1.807) is 19.6 Å². The van der Waals surface area contributed by atoms with Gasteiger partial charge in [-0.2, -0.15) is 13.2 Å². The molecule has 1 N–H and O–H groups in total. The lowest BCUT2D eigenvalue weighted by molar-refractivity contribution is -0.204. The predicted molar refractivity (Wildman–Crippen MR) is 62.5 cm³/mol. The number of alkyl halides is 3. The van der Waals surface area contributed by atoms with Crippen molar-refractivity contribution in [2.45, 2.75) is 50.8 Å². The van der Waals surface area contributed by atoms with E-state index < -0.39 is 26.6 Å². The van der Waals surface area contributed by atoms with E-state index in [0.717, 1.165) is 6.42 Å². The van der Waals surface area contributed by atoms with Crippen LogP contribution in [0.25, 0.3) is 0 Å². The molecule has 2 atom stereocenters. The molecule has 0 spiro atoms. The second kappa shape index (κ2) is 5.71. The van der Waals surface area contributed by atoms with Crippen LogP contribution in [0.5, 0.6) is 0 Å². The molecule has 1 rings (SSSR count). The average molecular weight is 278 g/mol. The predicted octanol–water partition coefficient (Wildman–Crippen LogP) is 2.94. The minimum Gasteiger partial charge on any atom is -0.405 e. The number of hydrogen-bond donors (Lipinski definition) is 1. The molecule has 0 amide bonds. The SMILES string of the molecule is C[Si](C)(C)OC(C1CCCN1)C(F)(F)F.Cl. The molecule has 2 unspecified atom stereocenters. The number of halogens is 4. The second-order valence-corrected chi connectivity index (χ2v) is 9.36. The summed E-state index contributed by atoms with van der Waals surface area (Å²) in [6, 6.07) is -0.559. The van der Waals surface area contributed by atoms with E-state index in [0.29, 0.717) is 13.0 Å². The Hall–Kier alpha value is 0.217.